The van der Waals surface area contributed by atoms with Gasteiger partial charge < -0.3 is 10.6 Å². The zero-order valence-electron chi connectivity index (χ0n) is 13.0. The highest BCUT2D eigenvalue weighted by atomic mass is 35.5. The fourth-order valence-corrected chi connectivity index (χ4v) is 2.78. The molecule has 1 aliphatic heterocycles. The summed E-state index contributed by atoms with van der Waals surface area (Å²) in [5.41, 5.74) is -0.297. The molecule has 1 unspecified atom stereocenters. The van der Waals surface area contributed by atoms with E-state index < -0.39 is 17.7 Å². The third-order valence-corrected chi connectivity index (χ3v) is 3.98. The Kier molecular flexibility index (Phi) is 7.35. The van der Waals surface area contributed by atoms with Gasteiger partial charge in [-0.3, -0.25) is 4.79 Å². The van der Waals surface area contributed by atoms with Crippen molar-refractivity contribution >= 4 is 18.3 Å². The molecule has 1 aliphatic rings. The summed E-state index contributed by atoms with van der Waals surface area (Å²) in [6, 6.07) is 5.10. The van der Waals surface area contributed by atoms with Gasteiger partial charge in [0.05, 0.1) is 11.5 Å². The number of hydrogen-bond donors (Lipinski definition) is 2. The fourth-order valence-electron chi connectivity index (χ4n) is 2.78. The summed E-state index contributed by atoms with van der Waals surface area (Å²) in [6.07, 6.45) is -2.03. The summed E-state index contributed by atoms with van der Waals surface area (Å²) < 4.78 is 38.4. The van der Waals surface area contributed by atoms with Crippen LogP contribution >= 0.6 is 12.4 Å². The normalized spacial score (nSPS) is 19.6. The third-order valence-electron chi connectivity index (χ3n) is 3.98. The van der Waals surface area contributed by atoms with Gasteiger partial charge in [-0.1, -0.05) is 25.1 Å². The molecule has 1 aromatic rings. The van der Waals surface area contributed by atoms with Gasteiger partial charge in [-0.05, 0) is 37.4 Å². The SMILES string of the molecule is CCC(C(=O)N[C@H]1CCCNC1)c1cccc(C(F)(F)F)c1.Cl. The van der Waals surface area contributed by atoms with Crippen molar-refractivity contribution in [1.82, 2.24) is 10.6 Å². The monoisotopic (exact) mass is 350 g/mol. The van der Waals surface area contributed by atoms with Crippen molar-refractivity contribution in [2.45, 2.75) is 44.3 Å². The molecule has 23 heavy (non-hydrogen) atoms. The first-order valence-corrected chi connectivity index (χ1v) is 7.60. The first kappa shape index (κ1) is 19.8. The number of carbonyl (C=O) groups excluding carboxylic acids is 1. The first-order valence-electron chi connectivity index (χ1n) is 7.60. The molecule has 3 nitrogen and oxygen atoms in total. The first-order chi connectivity index (χ1) is 10.4. The lowest BCUT2D eigenvalue weighted by Crippen LogP contribution is -2.47. The average Bonchev–Trinajstić information content (AvgIpc) is 2.48. The molecule has 2 atom stereocenters. The highest BCUT2D eigenvalue weighted by Gasteiger charge is 2.31. The molecule has 1 fully saturated rings. The Morgan fingerprint density at radius 2 is 2.17 bits per heavy atom. The summed E-state index contributed by atoms with van der Waals surface area (Å²) in [5, 5.41) is 6.15. The molecule has 7 heteroatoms. The Morgan fingerprint density at radius 3 is 2.74 bits per heavy atom. The van der Waals surface area contributed by atoms with Crippen LogP contribution in [0.1, 0.15) is 43.2 Å². The lowest BCUT2D eigenvalue weighted by molar-refractivity contribution is -0.137. The summed E-state index contributed by atoms with van der Waals surface area (Å²) in [5.74, 6) is -0.750. The molecule has 0 saturated carbocycles. The van der Waals surface area contributed by atoms with E-state index in [1.807, 2.05) is 6.92 Å². The van der Waals surface area contributed by atoms with E-state index in [1.54, 1.807) is 6.07 Å². The topological polar surface area (TPSA) is 41.1 Å². The second kappa shape index (κ2) is 8.55. The van der Waals surface area contributed by atoms with Crippen molar-refractivity contribution in [1.29, 1.82) is 0 Å². The van der Waals surface area contributed by atoms with Crippen LogP contribution in [-0.2, 0) is 11.0 Å². The van der Waals surface area contributed by atoms with Crippen molar-refractivity contribution in [3.63, 3.8) is 0 Å². The quantitative estimate of drug-likeness (QED) is 0.872. The molecule has 1 aromatic carbocycles. The zero-order chi connectivity index (χ0) is 16.2. The summed E-state index contributed by atoms with van der Waals surface area (Å²) in [4.78, 5) is 12.4. The van der Waals surface area contributed by atoms with Gasteiger partial charge in [0.2, 0.25) is 5.91 Å². The van der Waals surface area contributed by atoms with Crippen LogP contribution in [0.2, 0.25) is 0 Å². The van der Waals surface area contributed by atoms with E-state index in [4.69, 9.17) is 0 Å². The Bertz CT molecular complexity index is 516. The summed E-state index contributed by atoms with van der Waals surface area (Å²) in [6.45, 7) is 3.46. The molecule has 1 saturated heterocycles. The second-order valence-electron chi connectivity index (χ2n) is 5.64. The van der Waals surface area contributed by atoms with Crippen LogP contribution < -0.4 is 10.6 Å². The Hall–Kier alpha value is -1.27. The molecular formula is C16H22ClF3N2O. The van der Waals surface area contributed by atoms with Gasteiger partial charge in [0.1, 0.15) is 0 Å². The molecule has 0 bridgehead atoms. The fraction of sp³-hybridized carbons (Fsp3) is 0.562. The van der Waals surface area contributed by atoms with Crippen LogP contribution in [0.3, 0.4) is 0 Å². The highest BCUT2D eigenvalue weighted by Crippen LogP contribution is 2.31. The second-order valence-corrected chi connectivity index (χ2v) is 5.64. The van der Waals surface area contributed by atoms with Crippen molar-refractivity contribution in [2.75, 3.05) is 13.1 Å². The highest BCUT2D eigenvalue weighted by molar-refractivity contribution is 5.85. The predicted molar refractivity (Wildman–Crippen MR) is 85.8 cm³/mol. The number of alkyl halides is 3. The number of benzene rings is 1. The van der Waals surface area contributed by atoms with Gasteiger partial charge in [-0.2, -0.15) is 13.2 Å². The lowest BCUT2D eigenvalue weighted by Gasteiger charge is -2.26. The lowest BCUT2D eigenvalue weighted by atomic mass is 9.93. The van der Waals surface area contributed by atoms with Crippen LogP contribution in [-0.4, -0.2) is 25.0 Å². The van der Waals surface area contributed by atoms with E-state index >= 15 is 0 Å². The van der Waals surface area contributed by atoms with Gasteiger partial charge in [0.25, 0.3) is 0 Å². The molecule has 1 heterocycles. The molecule has 0 aliphatic carbocycles. The van der Waals surface area contributed by atoms with Gasteiger partial charge in [0.15, 0.2) is 0 Å². The van der Waals surface area contributed by atoms with Crippen molar-refractivity contribution in [2.24, 2.45) is 0 Å². The average molecular weight is 351 g/mol. The number of piperidine rings is 1. The Balaban J connectivity index is 0.00000264. The van der Waals surface area contributed by atoms with E-state index in [0.29, 0.717) is 18.5 Å². The molecule has 1 amide bonds. The van der Waals surface area contributed by atoms with E-state index in [1.165, 1.54) is 6.07 Å². The molecule has 0 radical (unpaired) electrons. The maximum absolute atomic E-state index is 12.8. The van der Waals surface area contributed by atoms with Crippen LogP contribution in [0.25, 0.3) is 0 Å². The van der Waals surface area contributed by atoms with Crippen LogP contribution in [0, 0.1) is 0 Å². The number of rotatable bonds is 4. The maximum atomic E-state index is 12.8. The largest absolute Gasteiger partial charge is 0.416 e. The van der Waals surface area contributed by atoms with Crippen LogP contribution in [0.4, 0.5) is 13.2 Å². The Labute approximate surface area is 140 Å². The molecule has 2 rings (SSSR count). The third kappa shape index (κ3) is 5.39. The number of amides is 1. The molecule has 0 spiro atoms. The Morgan fingerprint density at radius 1 is 1.43 bits per heavy atom. The number of hydrogen-bond acceptors (Lipinski definition) is 2. The van der Waals surface area contributed by atoms with Gasteiger partial charge in [-0.15, -0.1) is 12.4 Å². The standard InChI is InChI=1S/C16H21F3N2O.ClH/c1-2-14(15(22)21-13-7-4-8-20-10-13)11-5-3-6-12(9-11)16(17,18)19;/h3,5-6,9,13-14,20H,2,4,7-8,10H2,1H3,(H,21,22);1H/t13-,14?;/m0./s1. The van der Waals surface area contributed by atoms with Gasteiger partial charge >= 0.3 is 6.18 Å². The predicted octanol–water partition coefficient (Wildman–Crippen LogP) is 3.49. The van der Waals surface area contributed by atoms with Crippen molar-refractivity contribution < 1.29 is 18.0 Å². The summed E-state index contributed by atoms with van der Waals surface area (Å²) >= 11 is 0. The molecule has 0 aromatic heterocycles. The number of carbonyl (C=O) groups is 1. The number of nitrogens with one attached hydrogen (secondary N) is 2. The molecular weight excluding hydrogens is 329 g/mol. The number of halogens is 4. The summed E-state index contributed by atoms with van der Waals surface area (Å²) in [7, 11) is 0. The zero-order valence-corrected chi connectivity index (χ0v) is 13.8. The van der Waals surface area contributed by atoms with Crippen LogP contribution in [0.15, 0.2) is 24.3 Å². The smallest absolute Gasteiger partial charge is 0.352 e. The maximum Gasteiger partial charge on any atom is 0.416 e. The van der Waals surface area contributed by atoms with E-state index in [0.717, 1.165) is 31.5 Å². The van der Waals surface area contributed by atoms with Gasteiger partial charge in [-0.25, -0.2) is 0 Å². The molecule has 130 valence electrons. The minimum atomic E-state index is -4.39. The van der Waals surface area contributed by atoms with Crippen molar-refractivity contribution in [3.05, 3.63) is 35.4 Å². The minimum absolute atomic E-state index is 0. The van der Waals surface area contributed by atoms with Crippen LogP contribution in [0.5, 0.6) is 0 Å². The minimum Gasteiger partial charge on any atom is -0.352 e. The van der Waals surface area contributed by atoms with E-state index in [2.05, 4.69) is 10.6 Å². The van der Waals surface area contributed by atoms with E-state index in [9.17, 15) is 18.0 Å². The molecule has 2 N–H and O–H groups in total. The van der Waals surface area contributed by atoms with E-state index in [-0.39, 0.29) is 24.4 Å². The van der Waals surface area contributed by atoms with Gasteiger partial charge in [0, 0.05) is 12.6 Å². The van der Waals surface area contributed by atoms with Crippen molar-refractivity contribution in [3.8, 4) is 0 Å².